The third kappa shape index (κ3) is 5.91. The van der Waals surface area contributed by atoms with Gasteiger partial charge in [-0.15, -0.1) is 0 Å². The van der Waals surface area contributed by atoms with Gasteiger partial charge in [0.05, 0.1) is 33.2 Å². The number of rotatable bonds is 10. The second kappa shape index (κ2) is 12.1. The molecule has 192 valence electrons. The number of carbonyl (C=O) groups excluding carboxylic acids is 1. The van der Waals surface area contributed by atoms with E-state index in [1.165, 1.54) is 0 Å². The number of nitrogens with zero attached hydrogens (tertiary/aromatic N) is 1. The fourth-order valence-corrected chi connectivity index (χ4v) is 4.62. The summed E-state index contributed by atoms with van der Waals surface area (Å²) in [5.41, 5.74) is 5.39. The van der Waals surface area contributed by atoms with Crippen LogP contribution in [-0.4, -0.2) is 63.9 Å². The van der Waals surface area contributed by atoms with Gasteiger partial charge in [-0.1, -0.05) is 12.1 Å². The molecule has 0 saturated carbocycles. The summed E-state index contributed by atoms with van der Waals surface area (Å²) in [4.78, 5) is 15.1. The molecule has 7 nitrogen and oxygen atoms in total. The van der Waals surface area contributed by atoms with E-state index in [1.807, 2.05) is 45.0 Å². The van der Waals surface area contributed by atoms with Crippen LogP contribution in [0.5, 0.6) is 11.5 Å². The Morgan fingerprint density at radius 2 is 2.03 bits per heavy atom. The van der Waals surface area contributed by atoms with Crippen molar-refractivity contribution >= 4 is 22.4 Å². The lowest BCUT2D eigenvalue weighted by Gasteiger charge is -2.26. The molecule has 0 radical (unpaired) electrons. The lowest BCUT2D eigenvalue weighted by atomic mass is 9.96. The molecule has 1 fully saturated rings. The Bertz CT molecular complexity index is 1220. The minimum atomic E-state index is -0.102. The van der Waals surface area contributed by atoms with Crippen LogP contribution in [0.3, 0.4) is 0 Å². The zero-order valence-electron chi connectivity index (χ0n) is 21.7. The number of ether oxygens (including phenoxy) is 3. The Morgan fingerprint density at radius 3 is 2.78 bits per heavy atom. The molecule has 0 spiro atoms. The molecule has 0 aliphatic carbocycles. The highest BCUT2D eigenvalue weighted by Crippen LogP contribution is 2.41. The minimum Gasteiger partial charge on any atom is -0.497 e. The van der Waals surface area contributed by atoms with Crippen LogP contribution in [0.4, 0.5) is 0 Å². The first-order valence-electron chi connectivity index (χ1n) is 12.6. The minimum absolute atomic E-state index is 0.102. The molecule has 1 aliphatic heterocycles. The number of allylic oxidation sites excluding steroid dienone is 1. The van der Waals surface area contributed by atoms with Crippen molar-refractivity contribution in [2.45, 2.75) is 27.2 Å². The van der Waals surface area contributed by atoms with Gasteiger partial charge in [-0.25, -0.2) is 0 Å². The maximum atomic E-state index is 12.7. The number of furan rings is 1. The fraction of sp³-hybridized carbons (Fsp3) is 0.414. The topological polar surface area (TPSA) is 73.2 Å². The van der Waals surface area contributed by atoms with Crippen molar-refractivity contribution in [3.8, 4) is 22.6 Å². The van der Waals surface area contributed by atoms with Crippen LogP contribution in [0.15, 0.2) is 47.1 Å². The van der Waals surface area contributed by atoms with E-state index in [0.29, 0.717) is 13.2 Å². The van der Waals surface area contributed by atoms with Crippen LogP contribution >= 0.6 is 0 Å². The van der Waals surface area contributed by atoms with Crippen LogP contribution in [0.2, 0.25) is 0 Å². The van der Waals surface area contributed by atoms with Gasteiger partial charge in [0.2, 0.25) is 5.91 Å². The van der Waals surface area contributed by atoms with E-state index in [4.69, 9.17) is 18.6 Å². The summed E-state index contributed by atoms with van der Waals surface area (Å²) in [6.45, 7) is 11.5. The van der Waals surface area contributed by atoms with Crippen LogP contribution < -0.4 is 14.8 Å². The van der Waals surface area contributed by atoms with Gasteiger partial charge < -0.3 is 23.9 Å². The predicted octanol–water partition coefficient (Wildman–Crippen LogP) is 5.06. The Hall–Kier alpha value is -3.29. The van der Waals surface area contributed by atoms with E-state index < -0.39 is 0 Å². The molecule has 0 unspecified atom stereocenters. The normalized spacial score (nSPS) is 14.7. The standard InChI is InChI=1S/C29H36N2O5/c1-5-35-28-21(3)29-25(26(19-36-29)22-8-6-9-23(17-22)33-4)18-24(28)20(2)16-27(32)30-10-7-11-31-12-14-34-15-13-31/h6,8-9,16-19H,5,7,10-15H2,1-4H3,(H,30,32)/b20-16+. The monoisotopic (exact) mass is 492 g/mol. The molecule has 1 aliphatic rings. The number of methoxy groups -OCH3 is 1. The van der Waals surface area contributed by atoms with Crippen LogP contribution in [0, 0.1) is 6.92 Å². The Balaban J connectivity index is 1.57. The van der Waals surface area contributed by atoms with Gasteiger partial charge in [-0.2, -0.15) is 0 Å². The largest absolute Gasteiger partial charge is 0.497 e. The molecule has 2 aromatic carbocycles. The third-order valence-corrected chi connectivity index (χ3v) is 6.54. The van der Waals surface area contributed by atoms with Gasteiger partial charge in [-0.3, -0.25) is 9.69 Å². The van der Waals surface area contributed by atoms with Crippen LogP contribution in [0.25, 0.3) is 27.7 Å². The number of amides is 1. The van der Waals surface area contributed by atoms with Crippen molar-refractivity contribution < 1.29 is 23.4 Å². The highest BCUT2D eigenvalue weighted by Gasteiger charge is 2.19. The summed E-state index contributed by atoms with van der Waals surface area (Å²) in [5.74, 6) is 1.42. The third-order valence-electron chi connectivity index (χ3n) is 6.54. The van der Waals surface area contributed by atoms with Crippen LogP contribution in [-0.2, 0) is 9.53 Å². The number of carbonyl (C=O) groups is 1. The zero-order valence-corrected chi connectivity index (χ0v) is 21.7. The van der Waals surface area contributed by atoms with Crippen molar-refractivity contribution in [2.75, 3.05) is 53.1 Å². The van der Waals surface area contributed by atoms with Crippen molar-refractivity contribution in [3.05, 3.63) is 53.8 Å². The molecule has 1 saturated heterocycles. The highest BCUT2D eigenvalue weighted by atomic mass is 16.5. The average molecular weight is 493 g/mol. The maximum Gasteiger partial charge on any atom is 0.244 e. The number of nitrogens with one attached hydrogen (secondary N) is 1. The van der Waals surface area contributed by atoms with E-state index in [1.54, 1.807) is 19.4 Å². The van der Waals surface area contributed by atoms with Gasteiger partial charge in [0.25, 0.3) is 0 Å². The summed E-state index contributed by atoms with van der Waals surface area (Å²) >= 11 is 0. The molecule has 0 bridgehead atoms. The summed E-state index contributed by atoms with van der Waals surface area (Å²) in [5, 5.41) is 3.99. The maximum absolute atomic E-state index is 12.7. The molecule has 1 N–H and O–H groups in total. The number of morpholine rings is 1. The zero-order chi connectivity index (χ0) is 25.5. The second-order valence-electron chi connectivity index (χ2n) is 9.00. The van der Waals surface area contributed by atoms with E-state index in [2.05, 4.69) is 16.3 Å². The molecular weight excluding hydrogens is 456 g/mol. The highest BCUT2D eigenvalue weighted by molar-refractivity contribution is 6.01. The predicted molar refractivity (Wildman–Crippen MR) is 143 cm³/mol. The van der Waals surface area contributed by atoms with Gasteiger partial charge in [0, 0.05) is 47.8 Å². The first kappa shape index (κ1) is 25.8. The first-order valence-corrected chi connectivity index (χ1v) is 12.6. The molecule has 1 aromatic heterocycles. The molecule has 4 rings (SSSR count). The molecule has 1 amide bonds. The van der Waals surface area contributed by atoms with Crippen molar-refractivity contribution in [3.63, 3.8) is 0 Å². The lowest BCUT2D eigenvalue weighted by Crippen LogP contribution is -2.38. The summed E-state index contributed by atoms with van der Waals surface area (Å²) in [7, 11) is 1.66. The number of fused-ring (bicyclic) bond motifs is 1. The quantitative estimate of drug-likeness (QED) is 0.315. The van der Waals surface area contributed by atoms with Crippen molar-refractivity contribution in [2.24, 2.45) is 0 Å². The second-order valence-corrected chi connectivity index (χ2v) is 9.00. The van der Waals surface area contributed by atoms with E-state index >= 15 is 0 Å². The molecule has 7 heteroatoms. The summed E-state index contributed by atoms with van der Waals surface area (Å²) < 4.78 is 22.8. The smallest absolute Gasteiger partial charge is 0.244 e. The number of aryl methyl sites for hydroxylation is 1. The Morgan fingerprint density at radius 1 is 1.22 bits per heavy atom. The van der Waals surface area contributed by atoms with Gasteiger partial charge in [0.1, 0.15) is 17.1 Å². The average Bonchev–Trinajstić information content (AvgIpc) is 3.33. The Kier molecular flexibility index (Phi) is 8.67. The van der Waals surface area contributed by atoms with Crippen LogP contribution in [0.1, 0.15) is 31.4 Å². The number of hydrogen-bond donors (Lipinski definition) is 1. The van der Waals surface area contributed by atoms with Gasteiger partial charge in [0.15, 0.2) is 0 Å². The van der Waals surface area contributed by atoms with E-state index in [0.717, 1.165) is 89.6 Å². The number of hydrogen-bond acceptors (Lipinski definition) is 6. The van der Waals surface area contributed by atoms with Crippen molar-refractivity contribution in [1.82, 2.24) is 10.2 Å². The van der Waals surface area contributed by atoms with E-state index in [9.17, 15) is 4.79 Å². The van der Waals surface area contributed by atoms with Crippen molar-refractivity contribution in [1.29, 1.82) is 0 Å². The number of benzene rings is 2. The molecular formula is C29H36N2O5. The summed E-state index contributed by atoms with van der Waals surface area (Å²) in [6.07, 6.45) is 4.34. The molecule has 36 heavy (non-hydrogen) atoms. The molecule has 3 aromatic rings. The molecule has 0 atom stereocenters. The first-order chi connectivity index (χ1) is 17.5. The lowest BCUT2D eigenvalue weighted by molar-refractivity contribution is -0.116. The fourth-order valence-electron chi connectivity index (χ4n) is 4.62. The molecule has 2 heterocycles. The van der Waals surface area contributed by atoms with Gasteiger partial charge in [-0.05, 0) is 63.1 Å². The SMILES string of the molecule is CCOc1c(/C(C)=C/C(=O)NCCCN2CCOCC2)cc2c(-c3cccc(OC)c3)coc2c1C. The van der Waals surface area contributed by atoms with Gasteiger partial charge >= 0.3 is 0 Å². The van der Waals surface area contributed by atoms with E-state index in [-0.39, 0.29) is 5.91 Å². The Labute approximate surface area is 213 Å². The summed E-state index contributed by atoms with van der Waals surface area (Å²) in [6, 6.07) is 9.96.